The number of benzene rings is 5. The van der Waals surface area contributed by atoms with Crippen LogP contribution in [0.5, 0.6) is 23.0 Å². The smallest absolute Gasteiger partial charge is 0.118 e. The minimum Gasteiger partial charge on any atom is -0.497 e. The number of nitrogens with zero attached hydrogens (tertiary/aromatic N) is 2. The fourth-order valence-corrected chi connectivity index (χ4v) is 5.79. The van der Waals surface area contributed by atoms with Crippen LogP contribution in [0.2, 0.25) is 0 Å². The van der Waals surface area contributed by atoms with E-state index >= 15 is 0 Å². The molecule has 0 amide bonds. The molecule has 6 nitrogen and oxygen atoms in total. The van der Waals surface area contributed by atoms with Crippen molar-refractivity contribution in [1.82, 2.24) is 0 Å². The number of hydrogen-bond acceptors (Lipinski definition) is 6. The van der Waals surface area contributed by atoms with Gasteiger partial charge in [-0.05, 0) is 96.1 Å². The lowest BCUT2D eigenvalue weighted by Gasteiger charge is -2.10. The highest BCUT2D eigenvalue weighted by atomic mass is 16.5. The SMILES string of the molecule is COc1ccc(C2=Nc3cc4c(cc3=C2c2ccc(OC)cc2)N=C(c2ccc(OC)cc2)C=4c2ccc(OC)cc2)cc1. The van der Waals surface area contributed by atoms with Crippen LogP contribution >= 0.6 is 0 Å². The van der Waals surface area contributed by atoms with Crippen molar-refractivity contribution >= 4 is 33.9 Å². The second kappa shape index (κ2) is 11.2. The molecule has 0 atom stereocenters. The average Bonchev–Trinajstić information content (AvgIpc) is 3.65. The van der Waals surface area contributed by atoms with Crippen molar-refractivity contribution in [2.75, 3.05) is 28.4 Å². The Kier molecular flexibility index (Phi) is 6.95. The molecule has 0 fully saturated rings. The van der Waals surface area contributed by atoms with Gasteiger partial charge in [0.25, 0.3) is 0 Å². The van der Waals surface area contributed by atoms with Crippen LogP contribution in [0.15, 0.2) is 119 Å². The summed E-state index contributed by atoms with van der Waals surface area (Å²) in [5.41, 5.74) is 9.83. The minimum atomic E-state index is 0.800. The molecule has 5 aromatic carbocycles. The Morgan fingerprint density at radius 2 is 0.636 bits per heavy atom. The van der Waals surface area contributed by atoms with Crippen molar-refractivity contribution in [3.8, 4) is 23.0 Å². The van der Waals surface area contributed by atoms with E-state index in [0.717, 1.165) is 89.6 Å². The summed E-state index contributed by atoms with van der Waals surface area (Å²) in [5, 5.41) is 2.07. The maximum absolute atomic E-state index is 5.45. The van der Waals surface area contributed by atoms with E-state index < -0.39 is 0 Å². The second-order valence-corrected chi connectivity index (χ2v) is 10.5. The van der Waals surface area contributed by atoms with E-state index in [1.54, 1.807) is 28.4 Å². The Hall–Kier alpha value is -5.62. The summed E-state index contributed by atoms with van der Waals surface area (Å²) in [5.74, 6) is 3.21. The normalized spacial score (nSPS) is 13.2. The number of methoxy groups -OCH3 is 4. The second-order valence-electron chi connectivity index (χ2n) is 10.5. The summed E-state index contributed by atoms with van der Waals surface area (Å²) in [6.45, 7) is 0. The summed E-state index contributed by atoms with van der Waals surface area (Å²) in [6, 6.07) is 36.7. The van der Waals surface area contributed by atoms with Crippen molar-refractivity contribution < 1.29 is 18.9 Å². The summed E-state index contributed by atoms with van der Waals surface area (Å²) >= 11 is 0. The lowest BCUT2D eigenvalue weighted by Crippen LogP contribution is -2.15. The summed E-state index contributed by atoms with van der Waals surface area (Å²) in [7, 11) is 6.70. The Morgan fingerprint density at radius 3 is 0.909 bits per heavy atom. The summed E-state index contributed by atoms with van der Waals surface area (Å²) in [6.07, 6.45) is 0. The van der Waals surface area contributed by atoms with Crippen LogP contribution in [-0.2, 0) is 0 Å². The van der Waals surface area contributed by atoms with Gasteiger partial charge in [-0.2, -0.15) is 0 Å². The third-order valence-corrected chi connectivity index (χ3v) is 8.08. The molecule has 0 saturated heterocycles. The standard InChI is InChI=1S/C38H30N2O4/c1-41-27-13-5-23(6-14-27)35-31-21-34-32(22-33(31)39-37(35)25-9-17-29(43-3)18-10-25)36(24-7-15-28(42-2)16-8-24)38(40-34)26-11-19-30(44-4)20-12-26/h5-22H,1-4H3. The molecule has 0 spiro atoms. The Labute approximate surface area is 255 Å². The van der Waals surface area contributed by atoms with Crippen molar-refractivity contribution in [1.29, 1.82) is 0 Å². The lowest BCUT2D eigenvalue weighted by molar-refractivity contribution is 0.414. The zero-order chi connectivity index (χ0) is 30.2. The number of fused-ring (bicyclic) bond motifs is 2. The Balaban J connectivity index is 1.48. The van der Waals surface area contributed by atoms with Crippen LogP contribution in [0, 0.1) is 0 Å². The maximum atomic E-state index is 5.45. The molecule has 6 heteroatoms. The van der Waals surface area contributed by atoms with E-state index in [4.69, 9.17) is 28.9 Å². The van der Waals surface area contributed by atoms with Gasteiger partial charge in [0.1, 0.15) is 23.0 Å². The number of ether oxygens (including phenoxy) is 4. The molecule has 0 bridgehead atoms. The van der Waals surface area contributed by atoms with Gasteiger partial charge < -0.3 is 18.9 Å². The molecular weight excluding hydrogens is 548 g/mol. The third kappa shape index (κ3) is 4.71. The van der Waals surface area contributed by atoms with E-state index in [1.165, 1.54) is 0 Å². The predicted molar refractivity (Wildman–Crippen MR) is 175 cm³/mol. The quantitative estimate of drug-likeness (QED) is 0.214. The highest BCUT2D eigenvalue weighted by molar-refractivity contribution is 6.36. The van der Waals surface area contributed by atoms with Crippen LogP contribution in [0.25, 0.3) is 11.1 Å². The van der Waals surface area contributed by atoms with E-state index in [-0.39, 0.29) is 0 Å². The molecule has 0 aromatic heterocycles. The average molecular weight is 579 g/mol. The van der Waals surface area contributed by atoms with E-state index in [1.807, 2.05) is 48.5 Å². The summed E-state index contributed by atoms with van der Waals surface area (Å²) in [4.78, 5) is 10.5. The first-order valence-electron chi connectivity index (χ1n) is 14.3. The van der Waals surface area contributed by atoms with Crippen LogP contribution < -0.4 is 29.4 Å². The van der Waals surface area contributed by atoms with Gasteiger partial charge in [0.05, 0.1) is 51.2 Å². The van der Waals surface area contributed by atoms with Gasteiger partial charge in [0.15, 0.2) is 0 Å². The summed E-state index contributed by atoms with van der Waals surface area (Å²) < 4.78 is 21.7. The first kappa shape index (κ1) is 27.2. The van der Waals surface area contributed by atoms with Crippen LogP contribution in [-0.4, -0.2) is 39.9 Å². The first-order chi connectivity index (χ1) is 21.6. The number of rotatable bonds is 8. The fraction of sp³-hybridized carbons (Fsp3) is 0.105. The maximum Gasteiger partial charge on any atom is 0.118 e. The van der Waals surface area contributed by atoms with Gasteiger partial charge in [-0.3, -0.25) is 0 Å². The number of hydrogen-bond donors (Lipinski definition) is 0. The van der Waals surface area contributed by atoms with Crippen molar-refractivity contribution in [2.24, 2.45) is 9.98 Å². The molecule has 2 aliphatic heterocycles. The van der Waals surface area contributed by atoms with E-state index in [2.05, 4.69) is 60.7 Å². The molecule has 44 heavy (non-hydrogen) atoms. The van der Waals surface area contributed by atoms with Crippen LogP contribution in [0.4, 0.5) is 11.4 Å². The topological polar surface area (TPSA) is 61.6 Å². The zero-order valence-electron chi connectivity index (χ0n) is 24.9. The van der Waals surface area contributed by atoms with E-state index in [0.29, 0.717) is 0 Å². The zero-order valence-corrected chi connectivity index (χ0v) is 24.9. The Bertz CT molecular complexity index is 1910. The predicted octanol–water partition coefficient (Wildman–Crippen LogP) is 6.39. The molecule has 2 heterocycles. The van der Waals surface area contributed by atoms with Gasteiger partial charge in [0.2, 0.25) is 0 Å². The molecule has 0 aliphatic carbocycles. The molecule has 7 rings (SSSR count). The molecule has 5 aromatic rings. The van der Waals surface area contributed by atoms with Crippen molar-refractivity contribution in [2.45, 2.75) is 0 Å². The van der Waals surface area contributed by atoms with Gasteiger partial charge in [0, 0.05) is 32.7 Å². The third-order valence-electron chi connectivity index (χ3n) is 8.08. The highest BCUT2D eigenvalue weighted by Crippen LogP contribution is 2.33. The van der Waals surface area contributed by atoms with E-state index in [9.17, 15) is 0 Å². The molecular formula is C38H30N2O4. The highest BCUT2D eigenvalue weighted by Gasteiger charge is 2.26. The molecule has 2 aliphatic rings. The van der Waals surface area contributed by atoms with Crippen molar-refractivity contribution in [3.63, 3.8) is 0 Å². The molecule has 0 unspecified atom stereocenters. The molecule has 0 saturated carbocycles. The largest absolute Gasteiger partial charge is 0.497 e. The first-order valence-corrected chi connectivity index (χ1v) is 14.3. The number of aliphatic imine (C=N–C) groups is 2. The molecule has 0 N–H and O–H groups in total. The van der Waals surface area contributed by atoms with Gasteiger partial charge in [-0.1, -0.05) is 24.3 Å². The fourth-order valence-electron chi connectivity index (χ4n) is 5.79. The minimum absolute atomic E-state index is 0.800. The lowest BCUT2D eigenvalue weighted by atomic mass is 9.93. The molecule has 216 valence electrons. The Morgan fingerprint density at radius 1 is 0.364 bits per heavy atom. The van der Waals surface area contributed by atoms with Gasteiger partial charge in [-0.25, -0.2) is 9.98 Å². The van der Waals surface area contributed by atoms with Gasteiger partial charge in [-0.15, -0.1) is 0 Å². The van der Waals surface area contributed by atoms with Crippen LogP contribution in [0.1, 0.15) is 22.3 Å². The van der Waals surface area contributed by atoms with Crippen LogP contribution in [0.3, 0.4) is 0 Å². The molecule has 0 radical (unpaired) electrons. The van der Waals surface area contributed by atoms with Gasteiger partial charge >= 0.3 is 0 Å². The monoisotopic (exact) mass is 578 g/mol. The van der Waals surface area contributed by atoms with Crippen molar-refractivity contribution in [3.05, 3.63) is 142 Å².